The van der Waals surface area contributed by atoms with Gasteiger partial charge in [0.1, 0.15) is 23.0 Å². The molecule has 292 valence electrons. The fraction of sp³-hybridized carbons (Fsp3) is 0.500. The molecule has 0 N–H and O–H groups in total. The highest BCUT2D eigenvalue weighted by Crippen LogP contribution is 2.43. The average molecular weight is 957 g/mol. The second-order valence-electron chi connectivity index (χ2n) is 16.9. The molecule has 4 aromatic rings. The van der Waals surface area contributed by atoms with Gasteiger partial charge in [0.15, 0.2) is 0 Å². The van der Waals surface area contributed by atoms with Crippen molar-refractivity contribution in [1.29, 1.82) is 0 Å². The minimum absolute atomic E-state index is 0.0503. The van der Waals surface area contributed by atoms with Gasteiger partial charge in [-0.2, -0.15) is 0 Å². The van der Waals surface area contributed by atoms with E-state index in [0.29, 0.717) is 52.1 Å². The van der Waals surface area contributed by atoms with Crippen molar-refractivity contribution in [2.24, 2.45) is 0 Å². The Hall–Kier alpha value is -2.46. The predicted octanol–water partition coefficient (Wildman–Crippen LogP) is 13.3. The van der Waals surface area contributed by atoms with Gasteiger partial charge in [-0.3, -0.25) is 0 Å². The van der Waals surface area contributed by atoms with Gasteiger partial charge in [0.05, 0.1) is 26.4 Å². The zero-order valence-electron chi connectivity index (χ0n) is 34.5. The second kappa shape index (κ2) is 18.7. The highest BCUT2D eigenvalue weighted by atomic mass is 127. The summed E-state index contributed by atoms with van der Waals surface area (Å²) in [5.41, 5.74) is 12.2. The van der Waals surface area contributed by atoms with E-state index in [1.54, 1.807) is 0 Å². The average Bonchev–Trinajstić information content (AvgIpc) is 3.11. The Labute approximate surface area is 353 Å². The first-order chi connectivity index (χ1) is 25.7. The molecule has 0 saturated heterocycles. The van der Waals surface area contributed by atoms with Crippen LogP contribution in [0.3, 0.4) is 0 Å². The molecule has 1 aliphatic carbocycles. The molecule has 0 saturated carbocycles. The molecule has 0 aromatic heterocycles. The molecule has 5 rings (SSSR count). The summed E-state index contributed by atoms with van der Waals surface area (Å²) in [6, 6.07) is 18.7. The Bertz CT molecular complexity index is 1780. The fourth-order valence-electron chi connectivity index (χ4n) is 7.15. The third-order valence-corrected chi connectivity index (χ3v) is 12.1. The first-order valence-electron chi connectivity index (χ1n) is 20.1. The zero-order valence-corrected chi connectivity index (χ0v) is 38.8. The molecule has 0 unspecified atom stereocenters. The van der Waals surface area contributed by atoms with Crippen LogP contribution >= 0.6 is 45.2 Å². The summed E-state index contributed by atoms with van der Waals surface area (Å²) in [5.74, 6) is 3.99. The number of benzene rings is 4. The zero-order chi connectivity index (χ0) is 39.2. The van der Waals surface area contributed by atoms with E-state index < -0.39 is 0 Å². The summed E-state index contributed by atoms with van der Waals surface area (Å²) < 4.78 is 29.7. The van der Waals surface area contributed by atoms with Gasteiger partial charge in [0.2, 0.25) is 0 Å². The lowest BCUT2D eigenvalue weighted by Gasteiger charge is -2.27. The van der Waals surface area contributed by atoms with E-state index in [-0.39, 0.29) is 10.8 Å². The van der Waals surface area contributed by atoms with E-state index in [0.717, 1.165) is 48.7 Å². The largest absolute Gasteiger partial charge is 0.493 e. The number of fused-ring (bicyclic) bond motifs is 8. The molecule has 6 heteroatoms. The highest BCUT2D eigenvalue weighted by molar-refractivity contribution is 14.1. The van der Waals surface area contributed by atoms with Crippen LogP contribution in [0.4, 0.5) is 0 Å². The van der Waals surface area contributed by atoms with Gasteiger partial charge < -0.3 is 18.9 Å². The van der Waals surface area contributed by atoms with Crippen molar-refractivity contribution in [3.8, 4) is 23.0 Å². The molecule has 1 aliphatic rings. The maximum Gasteiger partial charge on any atom is 0.127 e. The third-order valence-electron chi connectivity index (χ3n) is 10.1. The van der Waals surface area contributed by atoms with Gasteiger partial charge in [-0.05, 0) is 138 Å². The highest BCUT2D eigenvalue weighted by Gasteiger charge is 2.27. The van der Waals surface area contributed by atoms with Crippen molar-refractivity contribution in [3.63, 3.8) is 0 Å². The van der Waals surface area contributed by atoms with E-state index in [1.165, 1.54) is 62.8 Å². The molecule has 8 bridgehead atoms. The SMILES string of the molecule is CCCOc1c2cc(C(C)(C)C)cc1Cc1c(I)ccc(c1OCCC)Cc1cc(C(C)(C)C)cc(c1OCCC)Cc1c(I)ccc(c1OCCC)C2. The van der Waals surface area contributed by atoms with Crippen LogP contribution in [-0.4, -0.2) is 26.4 Å². The molecule has 0 aliphatic heterocycles. The third kappa shape index (κ3) is 10.1. The lowest BCUT2D eigenvalue weighted by Crippen LogP contribution is -2.16. The molecule has 0 atom stereocenters. The van der Waals surface area contributed by atoms with Crippen LogP contribution in [0.1, 0.15) is 151 Å². The number of rotatable bonds is 12. The summed E-state index contributed by atoms with van der Waals surface area (Å²) in [6.45, 7) is 25.2. The lowest BCUT2D eigenvalue weighted by atomic mass is 9.81. The number of halogens is 2. The maximum absolute atomic E-state index is 6.82. The van der Waals surface area contributed by atoms with Crippen LogP contribution < -0.4 is 18.9 Å². The maximum atomic E-state index is 6.82. The topological polar surface area (TPSA) is 36.9 Å². The Kier molecular flexibility index (Phi) is 14.7. The normalized spacial score (nSPS) is 13.1. The summed E-state index contributed by atoms with van der Waals surface area (Å²) in [4.78, 5) is 0. The minimum atomic E-state index is -0.0503. The van der Waals surface area contributed by atoms with Crippen molar-refractivity contribution in [3.05, 3.63) is 111 Å². The molecule has 0 spiro atoms. The van der Waals surface area contributed by atoms with Crippen molar-refractivity contribution < 1.29 is 18.9 Å². The van der Waals surface area contributed by atoms with Gasteiger partial charge in [-0.25, -0.2) is 0 Å². The van der Waals surface area contributed by atoms with E-state index in [9.17, 15) is 0 Å². The number of hydrogen-bond acceptors (Lipinski definition) is 4. The number of ether oxygens (including phenoxy) is 4. The molecule has 4 nitrogen and oxygen atoms in total. The first-order valence-corrected chi connectivity index (χ1v) is 22.3. The molecule has 0 amide bonds. The molecule has 0 fully saturated rings. The Morgan fingerprint density at radius 2 is 0.722 bits per heavy atom. The molecule has 0 heterocycles. The summed E-state index contributed by atoms with van der Waals surface area (Å²) >= 11 is 5.03. The van der Waals surface area contributed by atoms with E-state index in [1.807, 2.05) is 0 Å². The van der Waals surface area contributed by atoms with E-state index in [4.69, 9.17) is 18.9 Å². The van der Waals surface area contributed by atoms with Gasteiger partial charge in [0, 0.05) is 44.0 Å². The van der Waals surface area contributed by atoms with Crippen LogP contribution in [0.5, 0.6) is 23.0 Å². The number of hydrogen-bond donors (Lipinski definition) is 0. The Morgan fingerprint density at radius 1 is 0.426 bits per heavy atom. The monoisotopic (exact) mass is 956 g/mol. The summed E-state index contributed by atoms with van der Waals surface area (Å²) in [5, 5.41) is 0. The fourth-order valence-corrected chi connectivity index (χ4v) is 8.38. The van der Waals surface area contributed by atoms with Crippen molar-refractivity contribution >= 4 is 45.2 Å². The van der Waals surface area contributed by atoms with Crippen molar-refractivity contribution in [2.75, 3.05) is 26.4 Å². The molecule has 54 heavy (non-hydrogen) atoms. The van der Waals surface area contributed by atoms with Gasteiger partial charge in [0.25, 0.3) is 0 Å². The molecular weight excluding hydrogens is 894 g/mol. The van der Waals surface area contributed by atoms with Gasteiger partial charge in [-0.15, -0.1) is 0 Å². The quantitative estimate of drug-likeness (QED) is 0.117. The van der Waals surface area contributed by atoms with Crippen molar-refractivity contribution in [2.45, 2.75) is 131 Å². The molecular formula is C48H62I2O4. The first kappa shape index (κ1) is 42.7. The van der Waals surface area contributed by atoms with Crippen LogP contribution in [0.25, 0.3) is 0 Å². The Balaban J connectivity index is 1.92. The van der Waals surface area contributed by atoms with Crippen molar-refractivity contribution in [1.82, 2.24) is 0 Å². The Morgan fingerprint density at radius 3 is 1.02 bits per heavy atom. The van der Waals surface area contributed by atoms with Crippen LogP contribution in [0.15, 0.2) is 48.5 Å². The molecule has 0 radical (unpaired) electrons. The van der Waals surface area contributed by atoms with E-state index >= 15 is 0 Å². The van der Waals surface area contributed by atoms with E-state index in [2.05, 4.69) is 163 Å². The summed E-state index contributed by atoms with van der Waals surface area (Å²) in [7, 11) is 0. The second-order valence-corrected chi connectivity index (χ2v) is 19.2. The summed E-state index contributed by atoms with van der Waals surface area (Å²) in [6.07, 6.45) is 6.59. The van der Waals surface area contributed by atoms with Gasteiger partial charge >= 0.3 is 0 Å². The minimum Gasteiger partial charge on any atom is -0.493 e. The van der Waals surface area contributed by atoms with Gasteiger partial charge in [-0.1, -0.05) is 106 Å². The molecule has 4 aromatic carbocycles. The van der Waals surface area contributed by atoms with Crippen LogP contribution in [0.2, 0.25) is 0 Å². The smallest absolute Gasteiger partial charge is 0.127 e. The lowest BCUT2D eigenvalue weighted by molar-refractivity contribution is 0.304. The standard InChI is InChI=1S/C48H62I2O4/c1-11-19-51-43-33-23-31-15-17-42(50)40(45(31)53-21-13-3)30-36-28-38(48(8,9)10)26-34(44(36)52-20-12-2)24-32-16-18-41(49)39(46(32)54-22-14-4)29-35(43)27-37(25-33)47(5,6)7/h15-18,25-28H,11-14,19-24,29-30H2,1-10H3. The van der Waals surface area contributed by atoms with Crippen LogP contribution in [0, 0.1) is 7.14 Å². The van der Waals surface area contributed by atoms with Crippen LogP contribution in [-0.2, 0) is 36.5 Å². The predicted molar refractivity (Wildman–Crippen MR) is 243 cm³/mol.